The summed E-state index contributed by atoms with van der Waals surface area (Å²) in [5.41, 5.74) is 1.98. The SMILES string of the molecule is Cc1ccc([S+]([O-])N=Cc2cc(N=O)ccc2S)cc1. The Morgan fingerprint density at radius 2 is 1.90 bits per heavy atom. The number of nitrogens with zero attached hydrogens (tertiary/aromatic N) is 2. The zero-order valence-corrected chi connectivity index (χ0v) is 12.4. The summed E-state index contributed by atoms with van der Waals surface area (Å²) in [6, 6.07) is 12.1. The Kier molecular flexibility index (Phi) is 4.94. The van der Waals surface area contributed by atoms with Gasteiger partial charge in [-0.25, -0.2) is 0 Å². The van der Waals surface area contributed by atoms with E-state index in [1.54, 1.807) is 30.3 Å². The molecule has 1 unspecified atom stereocenters. The summed E-state index contributed by atoms with van der Waals surface area (Å²) in [6.45, 7) is 1.96. The van der Waals surface area contributed by atoms with Crippen LogP contribution in [0.1, 0.15) is 11.1 Å². The summed E-state index contributed by atoms with van der Waals surface area (Å²) in [5, 5.41) is 2.85. The molecule has 1 atom stereocenters. The number of aryl methyl sites for hydroxylation is 1. The molecule has 0 radical (unpaired) electrons. The highest BCUT2D eigenvalue weighted by Crippen LogP contribution is 2.20. The van der Waals surface area contributed by atoms with Crippen LogP contribution >= 0.6 is 12.6 Å². The first-order chi connectivity index (χ1) is 9.60. The van der Waals surface area contributed by atoms with Gasteiger partial charge in [-0.1, -0.05) is 22.1 Å². The third-order valence-corrected chi connectivity index (χ3v) is 4.01. The Morgan fingerprint density at radius 1 is 1.20 bits per heavy atom. The van der Waals surface area contributed by atoms with Crippen molar-refractivity contribution in [2.24, 2.45) is 9.57 Å². The van der Waals surface area contributed by atoms with Crippen LogP contribution in [0.3, 0.4) is 0 Å². The van der Waals surface area contributed by atoms with E-state index in [0.717, 1.165) is 5.56 Å². The van der Waals surface area contributed by atoms with Gasteiger partial charge in [-0.05, 0) is 42.4 Å². The summed E-state index contributed by atoms with van der Waals surface area (Å²) >= 11 is 2.77. The minimum atomic E-state index is -1.48. The van der Waals surface area contributed by atoms with Crippen LogP contribution in [0.15, 0.2) is 61.8 Å². The van der Waals surface area contributed by atoms with E-state index >= 15 is 0 Å². The third-order valence-electron chi connectivity index (χ3n) is 2.63. The summed E-state index contributed by atoms with van der Waals surface area (Å²) in [6.07, 6.45) is 1.44. The second kappa shape index (κ2) is 6.69. The fourth-order valence-electron chi connectivity index (χ4n) is 1.52. The van der Waals surface area contributed by atoms with Gasteiger partial charge in [-0.3, -0.25) is 0 Å². The second-order valence-electron chi connectivity index (χ2n) is 4.13. The van der Waals surface area contributed by atoms with Crippen LogP contribution < -0.4 is 0 Å². The van der Waals surface area contributed by atoms with Crippen LogP contribution in [-0.2, 0) is 11.4 Å². The standard InChI is InChI=1S/C14H12N2O2S2/c1-10-2-5-13(6-3-10)20(18)15-9-11-8-12(16-17)4-7-14(11)19/h2-9,19H,1H3. The van der Waals surface area contributed by atoms with Crippen molar-refractivity contribution in [3.63, 3.8) is 0 Å². The molecule has 0 aliphatic heterocycles. The van der Waals surface area contributed by atoms with Gasteiger partial charge in [0.25, 0.3) is 0 Å². The number of nitroso groups, excluding NO2 is 1. The topological polar surface area (TPSA) is 64.8 Å². The zero-order valence-electron chi connectivity index (χ0n) is 10.7. The first-order valence-corrected chi connectivity index (χ1v) is 7.34. The highest BCUT2D eigenvalue weighted by atomic mass is 32.2. The summed E-state index contributed by atoms with van der Waals surface area (Å²) < 4.78 is 16.0. The molecule has 2 aromatic carbocycles. The number of hydrogen-bond donors (Lipinski definition) is 1. The molecule has 2 aromatic rings. The highest BCUT2D eigenvalue weighted by molar-refractivity contribution is 7.90. The minimum Gasteiger partial charge on any atom is -0.586 e. The van der Waals surface area contributed by atoms with Gasteiger partial charge < -0.3 is 4.55 Å². The fourth-order valence-corrected chi connectivity index (χ4v) is 2.42. The van der Waals surface area contributed by atoms with E-state index in [2.05, 4.69) is 22.2 Å². The van der Waals surface area contributed by atoms with Crippen molar-refractivity contribution >= 4 is 35.9 Å². The molecule has 0 spiro atoms. The van der Waals surface area contributed by atoms with E-state index < -0.39 is 11.4 Å². The maximum Gasteiger partial charge on any atom is 0.182 e. The largest absolute Gasteiger partial charge is 0.586 e. The van der Waals surface area contributed by atoms with Crippen molar-refractivity contribution < 1.29 is 4.55 Å². The molecule has 0 amide bonds. The number of hydrogen-bond acceptors (Lipinski definition) is 5. The maximum absolute atomic E-state index is 12.0. The molecular formula is C14H12N2O2S2. The molecule has 0 saturated carbocycles. The molecule has 0 saturated heterocycles. The van der Waals surface area contributed by atoms with Gasteiger partial charge in [0.15, 0.2) is 4.90 Å². The molecule has 0 aliphatic rings. The first-order valence-electron chi connectivity index (χ1n) is 5.79. The molecule has 0 fully saturated rings. The monoisotopic (exact) mass is 304 g/mol. The van der Waals surface area contributed by atoms with Gasteiger partial charge in [-0.2, -0.15) is 0 Å². The Balaban J connectivity index is 2.20. The number of rotatable bonds is 4. The van der Waals surface area contributed by atoms with Gasteiger partial charge in [0.05, 0.1) is 6.21 Å². The van der Waals surface area contributed by atoms with Crippen LogP contribution in [0.4, 0.5) is 5.69 Å². The van der Waals surface area contributed by atoms with E-state index in [1.165, 1.54) is 6.21 Å². The van der Waals surface area contributed by atoms with Crippen molar-refractivity contribution in [2.75, 3.05) is 0 Å². The average molecular weight is 304 g/mol. The Morgan fingerprint density at radius 3 is 2.55 bits per heavy atom. The van der Waals surface area contributed by atoms with Crippen LogP contribution in [0.5, 0.6) is 0 Å². The van der Waals surface area contributed by atoms with Crippen molar-refractivity contribution in [1.82, 2.24) is 0 Å². The van der Waals surface area contributed by atoms with Crippen molar-refractivity contribution in [3.8, 4) is 0 Å². The van der Waals surface area contributed by atoms with Gasteiger partial charge in [0, 0.05) is 10.5 Å². The molecule has 0 aliphatic carbocycles. The maximum atomic E-state index is 12.0. The first kappa shape index (κ1) is 14.8. The minimum absolute atomic E-state index is 0.283. The number of benzene rings is 2. The Hall–Kier alpha value is -1.63. The lowest BCUT2D eigenvalue weighted by Crippen LogP contribution is -1.98. The summed E-state index contributed by atoms with van der Waals surface area (Å²) in [4.78, 5) is 11.7. The molecule has 6 heteroatoms. The number of thiol groups is 1. The Bertz CT molecular complexity index is 642. The van der Waals surface area contributed by atoms with Crippen LogP contribution in [0.2, 0.25) is 0 Å². The molecular weight excluding hydrogens is 292 g/mol. The average Bonchev–Trinajstić information content (AvgIpc) is 2.47. The van der Waals surface area contributed by atoms with Gasteiger partial charge in [-0.15, -0.1) is 17.5 Å². The van der Waals surface area contributed by atoms with Gasteiger partial charge >= 0.3 is 0 Å². The molecule has 4 nitrogen and oxygen atoms in total. The van der Waals surface area contributed by atoms with E-state index in [0.29, 0.717) is 15.4 Å². The van der Waals surface area contributed by atoms with Gasteiger partial charge in [0.2, 0.25) is 0 Å². The lowest BCUT2D eigenvalue weighted by Gasteiger charge is -2.03. The summed E-state index contributed by atoms with van der Waals surface area (Å²) in [5.74, 6) is 0. The van der Waals surface area contributed by atoms with Crippen LogP contribution in [0.25, 0.3) is 0 Å². The van der Waals surface area contributed by atoms with Crippen molar-refractivity contribution in [3.05, 3.63) is 58.5 Å². The van der Waals surface area contributed by atoms with Gasteiger partial charge in [0.1, 0.15) is 17.0 Å². The Labute approximate surface area is 125 Å². The fraction of sp³-hybridized carbons (Fsp3) is 0.0714. The van der Waals surface area contributed by atoms with Crippen molar-refractivity contribution in [2.45, 2.75) is 16.7 Å². The molecule has 2 rings (SSSR count). The van der Waals surface area contributed by atoms with E-state index in [9.17, 15) is 9.46 Å². The van der Waals surface area contributed by atoms with Crippen LogP contribution in [-0.4, -0.2) is 10.8 Å². The lowest BCUT2D eigenvalue weighted by atomic mass is 10.2. The quantitative estimate of drug-likeness (QED) is 0.404. The molecule has 0 N–H and O–H groups in total. The smallest absolute Gasteiger partial charge is 0.182 e. The second-order valence-corrected chi connectivity index (χ2v) is 5.79. The molecule has 0 aromatic heterocycles. The molecule has 0 bridgehead atoms. The van der Waals surface area contributed by atoms with Crippen LogP contribution in [0, 0.1) is 11.8 Å². The molecule has 102 valence electrons. The lowest BCUT2D eigenvalue weighted by molar-refractivity contribution is 0.597. The van der Waals surface area contributed by atoms with E-state index in [-0.39, 0.29) is 5.69 Å². The predicted octanol–water partition coefficient (Wildman–Crippen LogP) is 3.82. The predicted molar refractivity (Wildman–Crippen MR) is 84.3 cm³/mol. The zero-order chi connectivity index (χ0) is 14.5. The van der Waals surface area contributed by atoms with E-state index in [4.69, 9.17) is 0 Å². The van der Waals surface area contributed by atoms with E-state index in [1.807, 2.05) is 19.1 Å². The van der Waals surface area contributed by atoms with Crippen molar-refractivity contribution in [1.29, 1.82) is 0 Å². The highest BCUT2D eigenvalue weighted by Gasteiger charge is 2.09. The summed E-state index contributed by atoms with van der Waals surface area (Å²) in [7, 11) is 0. The molecule has 0 heterocycles. The molecule has 20 heavy (non-hydrogen) atoms. The normalized spacial score (nSPS) is 12.6. The third kappa shape index (κ3) is 3.69.